The zero-order valence-corrected chi connectivity index (χ0v) is 12.3. The van der Waals surface area contributed by atoms with Crippen molar-refractivity contribution in [2.24, 2.45) is 0 Å². The highest BCUT2D eigenvalue weighted by molar-refractivity contribution is 7.91. The Hall–Kier alpha value is -2.74. The molecule has 1 heterocycles. The summed E-state index contributed by atoms with van der Waals surface area (Å²) in [6.45, 7) is 1.86. The van der Waals surface area contributed by atoms with Crippen LogP contribution in [0.3, 0.4) is 0 Å². The minimum atomic E-state index is -3.79. The molecule has 8 heteroatoms. The number of aromatic nitrogens is 2. The molecule has 0 bridgehead atoms. The monoisotopic (exact) mass is 317 g/mol. The maximum absolute atomic E-state index is 12.5. The second-order valence-corrected chi connectivity index (χ2v) is 6.68. The largest absolute Gasteiger partial charge is 0.328 e. The number of nitrogens with zero attached hydrogens (tertiary/aromatic N) is 2. The molecule has 0 radical (unpaired) electrons. The summed E-state index contributed by atoms with van der Waals surface area (Å²) in [6, 6.07) is 10.3. The summed E-state index contributed by atoms with van der Waals surface area (Å²) in [5.74, 6) is 0. The number of nitro groups is 1. The third-order valence-electron chi connectivity index (χ3n) is 3.24. The number of rotatable bonds is 3. The molecule has 112 valence electrons. The van der Waals surface area contributed by atoms with Crippen molar-refractivity contribution < 1.29 is 13.3 Å². The highest BCUT2D eigenvalue weighted by Gasteiger charge is 2.22. The Balaban J connectivity index is 2.13. The summed E-state index contributed by atoms with van der Waals surface area (Å²) in [6.07, 6.45) is 0. The molecule has 0 saturated heterocycles. The van der Waals surface area contributed by atoms with Crippen molar-refractivity contribution in [3.05, 3.63) is 58.1 Å². The van der Waals surface area contributed by atoms with Gasteiger partial charge in [0.15, 0.2) is 0 Å². The predicted octanol–water partition coefficient (Wildman–Crippen LogP) is 2.61. The molecular formula is C14H11N3O4S. The second kappa shape index (κ2) is 4.92. The molecule has 0 aliphatic rings. The SMILES string of the molecule is Cc1ccc(S(=O)(=O)c2nc3ccc([N+](=O)[O-])cc3[nH]2)cc1. The van der Waals surface area contributed by atoms with Gasteiger partial charge in [-0.15, -0.1) is 0 Å². The molecule has 0 unspecified atom stereocenters. The van der Waals surface area contributed by atoms with E-state index in [4.69, 9.17) is 0 Å². The van der Waals surface area contributed by atoms with Crippen LogP contribution in [0.4, 0.5) is 5.69 Å². The van der Waals surface area contributed by atoms with E-state index in [9.17, 15) is 18.5 Å². The molecule has 0 saturated carbocycles. The molecular weight excluding hydrogens is 306 g/mol. The number of imidazole rings is 1. The number of H-pyrrole nitrogens is 1. The summed E-state index contributed by atoms with van der Waals surface area (Å²) >= 11 is 0. The Bertz CT molecular complexity index is 975. The molecule has 0 aliphatic heterocycles. The van der Waals surface area contributed by atoms with Crippen molar-refractivity contribution in [3.8, 4) is 0 Å². The number of benzene rings is 2. The quantitative estimate of drug-likeness (QED) is 0.590. The molecule has 0 atom stereocenters. The number of non-ortho nitro benzene ring substituents is 1. The van der Waals surface area contributed by atoms with E-state index >= 15 is 0 Å². The molecule has 1 N–H and O–H groups in total. The van der Waals surface area contributed by atoms with Crippen molar-refractivity contribution >= 4 is 26.6 Å². The number of sulfone groups is 1. The van der Waals surface area contributed by atoms with E-state index in [1.54, 1.807) is 12.1 Å². The molecule has 2 aromatic carbocycles. The van der Waals surface area contributed by atoms with Gasteiger partial charge in [-0.05, 0) is 25.1 Å². The molecule has 0 amide bonds. The van der Waals surface area contributed by atoms with Crippen LogP contribution >= 0.6 is 0 Å². The van der Waals surface area contributed by atoms with Crippen molar-refractivity contribution in [1.29, 1.82) is 0 Å². The lowest BCUT2D eigenvalue weighted by Crippen LogP contribution is -2.03. The number of nitrogens with one attached hydrogen (secondary N) is 1. The van der Waals surface area contributed by atoms with Gasteiger partial charge in [0.25, 0.3) is 5.69 Å². The predicted molar refractivity (Wildman–Crippen MR) is 79.4 cm³/mol. The lowest BCUT2D eigenvalue weighted by atomic mass is 10.2. The van der Waals surface area contributed by atoms with Gasteiger partial charge in [0.2, 0.25) is 15.0 Å². The number of aromatic amines is 1. The summed E-state index contributed by atoms with van der Waals surface area (Å²) in [7, 11) is -3.79. The van der Waals surface area contributed by atoms with E-state index in [-0.39, 0.29) is 15.7 Å². The molecule has 7 nitrogen and oxygen atoms in total. The van der Waals surface area contributed by atoms with Gasteiger partial charge in [-0.3, -0.25) is 10.1 Å². The fourth-order valence-corrected chi connectivity index (χ4v) is 3.22. The van der Waals surface area contributed by atoms with Crippen LogP contribution < -0.4 is 0 Å². The summed E-state index contributed by atoms with van der Waals surface area (Å²) in [5.41, 5.74) is 1.48. The third-order valence-corrected chi connectivity index (χ3v) is 4.84. The van der Waals surface area contributed by atoms with E-state index in [1.165, 1.54) is 30.3 Å². The maximum Gasteiger partial charge on any atom is 0.271 e. The summed E-state index contributed by atoms with van der Waals surface area (Å²) in [4.78, 5) is 17.0. The first-order valence-corrected chi connectivity index (χ1v) is 7.82. The first-order chi connectivity index (χ1) is 10.4. The molecule has 0 spiro atoms. The van der Waals surface area contributed by atoms with Crippen molar-refractivity contribution in [3.63, 3.8) is 0 Å². The van der Waals surface area contributed by atoms with Gasteiger partial charge in [0.05, 0.1) is 20.9 Å². The van der Waals surface area contributed by atoms with Crippen LogP contribution in [0, 0.1) is 17.0 Å². The topological polar surface area (TPSA) is 106 Å². The number of fused-ring (bicyclic) bond motifs is 1. The fourth-order valence-electron chi connectivity index (χ4n) is 2.04. The average Bonchev–Trinajstić information content (AvgIpc) is 2.91. The van der Waals surface area contributed by atoms with Crippen molar-refractivity contribution in [1.82, 2.24) is 9.97 Å². The van der Waals surface area contributed by atoms with Gasteiger partial charge in [-0.1, -0.05) is 17.7 Å². The smallest absolute Gasteiger partial charge is 0.271 e. The lowest BCUT2D eigenvalue weighted by molar-refractivity contribution is -0.384. The first-order valence-electron chi connectivity index (χ1n) is 6.34. The van der Waals surface area contributed by atoms with Gasteiger partial charge in [-0.2, -0.15) is 0 Å². The number of hydrogen-bond donors (Lipinski definition) is 1. The minimum absolute atomic E-state index is 0.117. The number of aryl methyl sites for hydroxylation is 1. The maximum atomic E-state index is 12.5. The van der Waals surface area contributed by atoms with Gasteiger partial charge in [-0.25, -0.2) is 13.4 Å². The average molecular weight is 317 g/mol. The molecule has 0 fully saturated rings. The van der Waals surface area contributed by atoms with Crippen LogP contribution in [-0.4, -0.2) is 23.3 Å². The molecule has 3 aromatic rings. The van der Waals surface area contributed by atoms with Gasteiger partial charge in [0, 0.05) is 12.1 Å². The first kappa shape index (κ1) is 14.2. The Morgan fingerprint density at radius 2 is 1.82 bits per heavy atom. The van der Waals surface area contributed by atoms with Crippen LogP contribution in [0.2, 0.25) is 0 Å². The molecule has 1 aromatic heterocycles. The standard InChI is InChI=1S/C14H11N3O4S/c1-9-2-5-11(6-3-9)22(20,21)14-15-12-7-4-10(17(18)19)8-13(12)16-14/h2-8H,1H3,(H,15,16). The van der Waals surface area contributed by atoms with Gasteiger partial charge >= 0.3 is 0 Å². The second-order valence-electron chi connectivity index (χ2n) is 4.82. The summed E-state index contributed by atoms with van der Waals surface area (Å²) < 4.78 is 25.0. The minimum Gasteiger partial charge on any atom is -0.328 e. The van der Waals surface area contributed by atoms with E-state index in [0.717, 1.165) is 5.56 Å². The van der Waals surface area contributed by atoms with E-state index in [2.05, 4.69) is 9.97 Å². The number of hydrogen-bond acceptors (Lipinski definition) is 5. The van der Waals surface area contributed by atoms with Crippen LogP contribution in [0.5, 0.6) is 0 Å². The van der Waals surface area contributed by atoms with Gasteiger partial charge < -0.3 is 4.98 Å². The Labute approximate surface area is 125 Å². The lowest BCUT2D eigenvalue weighted by Gasteiger charge is -2.01. The van der Waals surface area contributed by atoms with E-state index in [0.29, 0.717) is 11.0 Å². The zero-order chi connectivity index (χ0) is 15.9. The van der Waals surface area contributed by atoms with E-state index < -0.39 is 14.8 Å². The van der Waals surface area contributed by atoms with Crippen LogP contribution in [0.25, 0.3) is 11.0 Å². The zero-order valence-electron chi connectivity index (χ0n) is 11.5. The highest BCUT2D eigenvalue weighted by Crippen LogP contribution is 2.24. The normalized spacial score (nSPS) is 11.7. The molecule has 3 rings (SSSR count). The summed E-state index contributed by atoms with van der Waals surface area (Å²) in [5, 5.41) is 10.5. The Morgan fingerprint density at radius 3 is 2.45 bits per heavy atom. The third kappa shape index (κ3) is 2.33. The van der Waals surface area contributed by atoms with Gasteiger partial charge in [0.1, 0.15) is 0 Å². The van der Waals surface area contributed by atoms with Crippen molar-refractivity contribution in [2.45, 2.75) is 17.0 Å². The van der Waals surface area contributed by atoms with Crippen LogP contribution in [0.15, 0.2) is 52.5 Å². The van der Waals surface area contributed by atoms with Crippen LogP contribution in [0.1, 0.15) is 5.56 Å². The number of nitro benzene ring substituents is 1. The highest BCUT2D eigenvalue weighted by atomic mass is 32.2. The van der Waals surface area contributed by atoms with E-state index in [1.807, 2.05) is 6.92 Å². The van der Waals surface area contributed by atoms with Crippen LogP contribution in [-0.2, 0) is 9.84 Å². The molecule has 22 heavy (non-hydrogen) atoms. The Kier molecular flexibility index (Phi) is 3.18. The Morgan fingerprint density at radius 1 is 1.14 bits per heavy atom. The van der Waals surface area contributed by atoms with Crippen molar-refractivity contribution in [2.75, 3.05) is 0 Å². The fraction of sp³-hybridized carbons (Fsp3) is 0.0714. The molecule has 0 aliphatic carbocycles.